The molecule has 1 amide bonds. The van der Waals surface area contributed by atoms with Gasteiger partial charge >= 0.3 is 0 Å². The van der Waals surface area contributed by atoms with Gasteiger partial charge < -0.3 is 5.32 Å². The molecule has 0 spiro atoms. The van der Waals surface area contributed by atoms with Crippen LogP contribution in [0.2, 0.25) is 0 Å². The van der Waals surface area contributed by atoms with Crippen LogP contribution in [0.25, 0.3) is 0 Å². The van der Waals surface area contributed by atoms with Crippen molar-refractivity contribution in [2.75, 3.05) is 11.1 Å². The molecule has 2 N–H and O–H groups in total. The number of fused-ring (bicyclic) bond motifs is 1. The van der Waals surface area contributed by atoms with Gasteiger partial charge in [0.2, 0.25) is 5.91 Å². The number of carbonyl (C=O) groups excluding carboxylic acids is 1. The molecule has 2 aromatic rings. The summed E-state index contributed by atoms with van der Waals surface area (Å²) in [5.41, 5.74) is 0.960. The Kier molecular flexibility index (Phi) is 4.67. The Morgan fingerprint density at radius 2 is 2.04 bits per heavy atom. The number of nitro groups is 1. The van der Waals surface area contributed by atoms with Crippen LogP contribution >= 0.6 is 11.8 Å². The molecule has 1 aromatic carbocycles. The zero-order chi connectivity index (χ0) is 18.1. The van der Waals surface area contributed by atoms with Crippen molar-refractivity contribution in [3.05, 3.63) is 55.9 Å². The summed E-state index contributed by atoms with van der Waals surface area (Å²) in [6.07, 6.45) is 0.794. The number of nitro benzene ring substituents is 1. The number of hydrogen-bond donors (Lipinski definition) is 2. The number of anilines is 1. The summed E-state index contributed by atoms with van der Waals surface area (Å²) in [7, 11) is 0. The van der Waals surface area contributed by atoms with E-state index in [1.807, 2.05) is 13.8 Å². The van der Waals surface area contributed by atoms with E-state index in [0.29, 0.717) is 11.4 Å². The van der Waals surface area contributed by atoms with Crippen LogP contribution in [0, 0.1) is 10.1 Å². The van der Waals surface area contributed by atoms with Crippen molar-refractivity contribution in [2.45, 2.75) is 31.6 Å². The molecule has 0 radical (unpaired) electrons. The van der Waals surface area contributed by atoms with Gasteiger partial charge in [-0.3, -0.25) is 29.5 Å². The van der Waals surface area contributed by atoms with E-state index in [1.165, 1.54) is 23.9 Å². The summed E-state index contributed by atoms with van der Waals surface area (Å²) in [6, 6.07) is 6.12. The molecular formula is C16H18N4O4S. The van der Waals surface area contributed by atoms with Gasteiger partial charge in [0, 0.05) is 18.2 Å². The van der Waals surface area contributed by atoms with Crippen molar-refractivity contribution in [1.29, 1.82) is 0 Å². The monoisotopic (exact) mass is 362 g/mol. The van der Waals surface area contributed by atoms with Gasteiger partial charge in [-0.25, -0.2) is 0 Å². The van der Waals surface area contributed by atoms with Crippen molar-refractivity contribution in [1.82, 2.24) is 9.78 Å². The minimum atomic E-state index is -0.466. The summed E-state index contributed by atoms with van der Waals surface area (Å²) in [4.78, 5) is 35.0. The topological polar surface area (TPSA) is 110 Å². The van der Waals surface area contributed by atoms with Crippen molar-refractivity contribution >= 4 is 29.2 Å². The first kappa shape index (κ1) is 17.3. The first-order valence-corrected chi connectivity index (χ1v) is 8.97. The minimum Gasteiger partial charge on any atom is -0.310 e. The van der Waals surface area contributed by atoms with E-state index in [1.54, 1.807) is 16.8 Å². The third kappa shape index (κ3) is 3.19. The van der Waals surface area contributed by atoms with E-state index in [-0.39, 0.29) is 34.2 Å². The molecule has 0 fully saturated rings. The van der Waals surface area contributed by atoms with Crippen molar-refractivity contribution < 1.29 is 9.72 Å². The SMILES string of the molecule is CC[C@H](C)n1[nH]c(=O)c2c1NC(=O)CS[C@@H]2c1ccc([N+](=O)[O-])cc1. The number of nitrogens with one attached hydrogen (secondary N) is 2. The lowest BCUT2D eigenvalue weighted by atomic mass is 10.1. The third-order valence-electron chi connectivity index (χ3n) is 4.30. The van der Waals surface area contributed by atoms with Crippen LogP contribution in [-0.2, 0) is 4.79 Å². The van der Waals surface area contributed by atoms with Crippen LogP contribution in [0.4, 0.5) is 11.5 Å². The molecule has 8 nitrogen and oxygen atoms in total. The molecule has 0 aliphatic carbocycles. The Bertz CT molecular complexity index is 871. The van der Waals surface area contributed by atoms with Crippen LogP contribution in [0.1, 0.15) is 42.7 Å². The Labute approximate surface area is 147 Å². The number of non-ortho nitro benzene ring substituents is 1. The number of hydrogen-bond acceptors (Lipinski definition) is 5. The average Bonchev–Trinajstić information content (AvgIpc) is 2.80. The van der Waals surface area contributed by atoms with E-state index < -0.39 is 4.92 Å². The zero-order valence-electron chi connectivity index (χ0n) is 13.8. The molecule has 3 rings (SSSR count). The number of benzene rings is 1. The second-order valence-electron chi connectivity index (χ2n) is 5.92. The van der Waals surface area contributed by atoms with Gasteiger partial charge in [-0.05, 0) is 18.9 Å². The Morgan fingerprint density at radius 3 is 2.64 bits per heavy atom. The Balaban J connectivity index is 2.11. The fraction of sp³-hybridized carbons (Fsp3) is 0.375. The highest BCUT2D eigenvalue weighted by atomic mass is 32.2. The molecule has 0 saturated heterocycles. The van der Waals surface area contributed by atoms with Crippen LogP contribution in [0.5, 0.6) is 0 Å². The Morgan fingerprint density at radius 1 is 1.36 bits per heavy atom. The van der Waals surface area contributed by atoms with Gasteiger partial charge in [0.1, 0.15) is 5.82 Å². The van der Waals surface area contributed by atoms with Gasteiger partial charge in [-0.1, -0.05) is 19.1 Å². The molecule has 1 aromatic heterocycles. The Hall–Kier alpha value is -2.55. The van der Waals surface area contributed by atoms with E-state index in [2.05, 4.69) is 10.4 Å². The number of H-pyrrole nitrogens is 1. The first-order chi connectivity index (χ1) is 11.9. The largest absolute Gasteiger partial charge is 0.310 e. The smallest absolute Gasteiger partial charge is 0.270 e. The second kappa shape index (κ2) is 6.75. The molecule has 25 heavy (non-hydrogen) atoms. The normalized spacial score (nSPS) is 18.2. The van der Waals surface area contributed by atoms with Gasteiger partial charge in [0.15, 0.2) is 0 Å². The quantitative estimate of drug-likeness (QED) is 0.642. The van der Waals surface area contributed by atoms with Gasteiger partial charge in [-0.15, -0.1) is 11.8 Å². The first-order valence-electron chi connectivity index (χ1n) is 7.92. The molecular weight excluding hydrogens is 344 g/mol. The van der Waals surface area contributed by atoms with Gasteiger partial charge in [0.05, 0.1) is 21.5 Å². The fourth-order valence-corrected chi connectivity index (χ4v) is 3.92. The van der Waals surface area contributed by atoms with Crippen molar-refractivity contribution in [3.63, 3.8) is 0 Å². The number of aromatic nitrogens is 2. The number of amides is 1. The van der Waals surface area contributed by atoms with Crippen molar-refractivity contribution in [2.24, 2.45) is 0 Å². The maximum Gasteiger partial charge on any atom is 0.270 e. The summed E-state index contributed by atoms with van der Waals surface area (Å²) in [6.45, 7) is 3.96. The highest BCUT2D eigenvalue weighted by Crippen LogP contribution is 2.40. The molecule has 0 unspecified atom stereocenters. The van der Waals surface area contributed by atoms with Crippen LogP contribution in [-0.4, -0.2) is 26.4 Å². The minimum absolute atomic E-state index is 0.0112. The zero-order valence-corrected chi connectivity index (χ0v) is 14.6. The van der Waals surface area contributed by atoms with E-state index >= 15 is 0 Å². The molecule has 9 heteroatoms. The van der Waals surface area contributed by atoms with Crippen LogP contribution in [0.3, 0.4) is 0 Å². The number of thioether (sulfide) groups is 1. The highest BCUT2D eigenvalue weighted by Gasteiger charge is 2.31. The van der Waals surface area contributed by atoms with Crippen molar-refractivity contribution in [3.8, 4) is 0 Å². The second-order valence-corrected chi connectivity index (χ2v) is 7.01. The molecule has 132 valence electrons. The molecule has 2 heterocycles. The summed E-state index contributed by atoms with van der Waals surface area (Å²) < 4.78 is 1.69. The number of nitrogens with zero attached hydrogens (tertiary/aromatic N) is 2. The number of aromatic amines is 1. The lowest BCUT2D eigenvalue weighted by molar-refractivity contribution is -0.384. The predicted molar refractivity (Wildman–Crippen MR) is 96.1 cm³/mol. The van der Waals surface area contributed by atoms with Crippen LogP contribution in [0.15, 0.2) is 29.1 Å². The van der Waals surface area contributed by atoms with Crippen LogP contribution < -0.4 is 10.9 Å². The fourth-order valence-electron chi connectivity index (χ4n) is 2.79. The number of carbonyl (C=O) groups is 1. The highest BCUT2D eigenvalue weighted by molar-refractivity contribution is 8.00. The van der Waals surface area contributed by atoms with Gasteiger partial charge in [-0.2, -0.15) is 0 Å². The van der Waals surface area contributed by atoms with E-state index in [4.69, 9.17) is 0 Å². The number of rotatable bonds is 4. The molecule has 2 atom stereocenters. The summed E-state index contributed by atoms with van der Waals surface area (Å²) in [5.74, 6) is 0.514. The lowest BCUT2D eigenvalue weighted by Gasteiger charge is -2.16. The standard InChI is InChI=1S/C16H18N4O4S/c1-3-9(2)19-15-13(16(22)18-19)14(25-8-12(21)17-15)10-4-6-11(7-5-10)20(23)24/h4-7,9,14H,3,8H2,1-2H3,(H,17,21)(H,18,22)/t9-,14+/m0/s1. The molecule has 1 aliphatic rings. The maximum atomic E-state index is 12.6. The summed E-state index contributed by atoms with van der Waals surface area (Å²) in [5, 5.41) is 16.1. The maximum absolute atomic E-state index is 12.6. The molecule has 1 aliphatic heterocycles. The lowest BCUT2D eigenvalue weighted by Crippen LogP contribution is -2.18. The molecule has 0 bridgehead atoms. The van der Waals surface area contributed by atoms with E-state index in [0.717, 1.165) is 12.0 Å². The third-order valence-corrected chi connectivity index (χ3v) is 5.57. The molecule has 0 saturated carbocycles. The average molecular weight is 362 g/mol. The van der Waals surface area contributed by atoms with Gasteiger partial charge in [0.25, 0.3) is 11.2 Å². The van der Waals surface area contributed by atoms with E-state index in [9.17, 15) is 19.7 Å². The predicted octanol–water partition coefficient (Wildman–Crippen LogP) is 2.83. The summed E-state index contributed by atoms with van der Waals surface area (Å²) >= 11 is 1.33.